The summed E-state index contributed by atoms with van der Waals surface area (Å²) >= 11 is 14.6. The average Bonchev–Trinajstić information content (AvgIpc) is 3.19. The number of benzene rings is 1. The van der Waals surface area contributed by atoms with Gasteiger partial charge in [0.2, 0.25) is 5.13 Å². The van der Waals surface area contributed by atoms with E-state index in [0.717, 1.165) is 9.47 Å². The number of nitrogens with one attached hydrogen (secondary N) is 1. The SMILES string of the molecule is O=S(=O)(CCSc1nnc(NC2CC2)s1)c1cc(Cl)ccc1Cl. The van der Waals surface area contributed by atoms with Gasteiger partial charge in [-0.1, -0.05) is 46.3 Å². The third kappa shape index (κ3) is 4.73. The topological polar surface area (TPSA) is 72.0 Å². The van der Waals surface area contributed by atoms with E-state index in [1.165, 1.54) is 48.1 Å². The molecule has 23 heavy (non-hydrogen) atoms. The molecular formula is C13H13Cl2N3O2S3. The second-order valence-electron chi connectivity index (χ2n) is 5.03. The fraction of sp³-hybridized carbons (Fsp3) is 0.385. The van der Waals surface area contributed by atoms with Gasteiger partial charge in [-0.2, -0.15) is 0 Å². The number of hydrogen-bond donors (Lipinski definition) is 1. The lowest BCUT2D eigenvalue weighted by atomic mass is 10.4. The molecule has 1 N–H and O–H groups in total. The van der Waals surface area contributed by atoms with Gasteiger partial charge in [-0.15, -0.1) is 10.2 Å². The molecule has 1 saturated carbocycles. The van der Waals surface area contributed by atoms with Gasteiger partial charge >= 0.3 is 0 Å². The van der Waals surface area contributed by atoms with Crippen LogP contribution in [0.2, 0.25) is 10.0 Å². The van der Waals surface area contributed by atoms with Crippen molar-refractivity contribution in [3.8, 4) is 0 Å². The number of nitrogens with zero attached hydrogens (tertiary/aromatic N) is 2. The van der Waals surface area contributed by atoms with E-state index in [9.17, 15) is 8.42 Å². The van der Waals surface area contributed by atoms with Crippen LogP contribution in [0.25, 0.3) is 0 Å². The zero-order valence-corrected chi connectivity index (χ0v) is 15.8. The summed E-state index contributed by atoms with van der Waals surface area (Å²) < 4.78 is 25.5. The molecule has 1 aromatic carbocycles. The van der Waals surface area contributed by atoms with Crippen LogP contribution in [0.5, 0.6) is 0 Å². The van der Waals surface area contributed by atoms with Gasteiger partial charge < -0.3 is 5.32 Å². The van der Waals surface area contributed by atoms with Crippen LogP contribution in [-0.4, -0.2) is 36.2 Å². The molecular weight excluding hydrogens is 397 g/mol. The van der Waals surface area contributed by atoms with E-state index in [2.05, 4.69) is 15.5 Å². The average molecular weight is 410 g/mol. The Bertz CT molecular complexity index is 807. The number of thioether (sulfide) groups is 1. The van der Waals surface area contributed by atoms with Crippen LogP contribution in [0.15, 0.2) is 27.4 Å². The first-order valence-electron chi connectivity index (χ1n) is 6.85. The van der Waals surface area contributed by atoms with Crippen molar-refractivity contribution >= 4 is 61.3 Å². The van der Waals surface area contributed by atoms with Crippen molar-refractivity contribution in [3.05, 3.63) is 28.2 Å². The second kappa shape index (κ2) is 7.14. The van der Waals surface area contributed by atoms with Crippen molar-refractivity contribution in [3.63, 3.8) is 0 Å². The molecule has 0 saturated heterocycles. The maximum absolute atomic E-state index is 12.4. The molecule has 0 unspecified atom stereocenters. The second-order valence-corrected chi connectivity index (χ2v) is 10.3. The lowest BCUT2D eigenvalue weighted by Crippen LogP contribution is -2.09. The Balaban J connectivity index is 1.58. The highest BCUT2D eigenvalue weighted by atomic mass is 35.5. The molecule has 5 nitrogen and oxygen atoms in total. The van der Waals surface area contributed by atoms with Crippen molar-refractivity contribution in [2.75, 3.05) is 16.8 Å². The van der Waals surface area contributed by atoms with Gasteiger partial charge in [0, 0.05) is 16.8 Å². The molecule has 1 heterocycles. The third-order valence-corrected chi connectivity index (χ3v) is 7.79. The lowest BCUT2D eigenvalue weighted by Gasteiger charge is -2.06. The summed E-state index contributed by atoms with van der Waals surface area (Å²) in [7, 11) is -3.48. The zero-order valence-electron chi connectivity index (χ0n) is 11.8. The zero-order chi connectivity index (χ0) is 16.4. The highest BCUT2D eigenvalue weighted by Crippen LogP contribution is 2.31. The van der Waals surface area contributed by atoms with Crippen LogP contribution >= 0.6 is 46.3 Å². The Hall–Kier alpha value is -0.540. The van der Waals surface area contributed by atoms with Crippen LogP contribution in [0.1, 0.15) is 12.8 Å². The van der Waals surface area contributed by atoms with Crippen molar-refractivity contribution < 1.29 is 8.42 Å². The van der Waals surface area contributed by atoms with E-state index in [4.69, 9.17) is 23.2 Å². The largest absolute Gasteiger partial charge is 0.357 e. The smallest absolute Gasteiger partial charge is 0.206 e. The molecule has 10 heteroatoms. The Morgan fingerprint density at radius 3 is 2.83 bits per heavy atom. The quantitative estimate of drug-likeness (QED) is 0.696. The van der Waals surface area contributed by atoms with E-state index in [1.54, 1.807) is 6.07 Å². The molecule has 0 amide bonds. The molecule has 1 aliphatic rings. The van der Waals surface area contributed by atoms with Crippen LogP contribution in [-0.2, 0) is 9.84 Å². The van der Waals surface area contributed by atoms with Crippen LogP contribution < -0.4 is 5.32 Å². The van der Waals surface area contributed by atoms with Gasteiger partial charge in [0.05, 0.1) is 15.7 Å². The first kappa shape index (κ1) is 17.3. The molecule has 0 aliphatic heterocycles. The molecule has 0 bridgehead atoms. The summed E-state index contributed by atoms with van der Waals surface area (Å²) in [6.07, 6.45) is 2.33. The van der Waals surface area contributed by atoms with Gasteiger partial charge in [0.15, 0.2) is 14.2 Å². The summed E-state index contributed by atoms with van der Waals surface area (Å²) in [5.74, 6) is 0.339. The standard InChI is InChI=1S/C13H13Cl2N3O2S3/c14-8-1-4-10(15)11(7-8)23(19,20)6-5-21-13-18-17-12(22-13)16-9-2-3-9/h1,4,7,9H,2-3,5-6H2,(H,16,17). The van der Waals surface area contributed by atoms with Crippen LogP contribution in [0.4, 0.5) is 5.13 Å². The minimum Gasteiger partial charge on any atom is -0.357 e. The number of rotatable bonds is 7. The highest BCUT2D eigenvalue weighted by Gasteiger charge is 2.23. The molecule has 1 aromatic heterocycles. The summed E-state index contributed by atoms with van der Waals surface area (Å²) in [6.45, 7) is 0. The molecule has 124 valence electrons. The van der Waals surface area contributed by atoms with Gasteiger partial charge in [-0.3, -0.25) is 0 Å². The molecule has 2 aromatic rings. The minimum absolute atomic E-state index is 0.0390. The molecule has 0 spiro atoms. The number of sulfone groups is 1. The summed E-state index contributed by atoms with van der Waals surface area (Å²) in [6, 6.07) is 4.95. The van der Waals surface area contributed by atoms with E-state index >= 15 is 0 Å². The lowest BCUT2D eigenvalue weighted by molar-refractivity contribution is 0.597. The van der Waals surface area contributed by atoms with Gasteiger partial charge in [0.1, 0.15) is 0 Å². The third-order valence-electron chi connectivity index (χ3n) is 3.12. The number of hydrogen-bond acceptors (Lipinski definition) is 7. The Labute approximate surface area is 152 Å². The fourth-order valence-corrected chi connectivity index (χ4v) is 6.15. The summed E-state index contributed by atoms with van der Waals surface area (Å²) in [5.41, 5.74) is 0. The fourth-order valence-electron chi connectivity index (χ4n) is 1.79. The first-order chi connectivity index (χ1) is 10.9. The number of halogens is 2. The molecule has 3 rings (SSSR count). The number of anilines is 1. The van der Waals surface area contributed by atoms with Gasteiger partial charge in [0.25, 0.3) is 0 Å². The van der Waals surface area contributed by atoms with Crippen LogP contribution in [0, 0.1) is 0 Å². The Kier molecular flexibility index (Phi) is 5.37. The van der Waals surface area contributed by atoms with Gasteiger partial charge in [-0.25, -0.2) is 8.42 Å². The highest BCUT2D eigenvalue weighted by molar-refractivity contribution is 8.02. The van der Waals surface area contributed by atoms with Crippen molar-refractivity contribution in [1.29, 1.82) is 0 Å². The Morgan fingerprint density at radius 2 is 2.09 bits per heavy atom. The monoisotopic (exact) mass is 409 g/mol. The normalized spacial score (nSPS) is 14.9. The molecule has 0 atom stereocenters. The first-order valence-corrected chi connectivity index (χ1v) is 11.1. The van der Waals surface area contributed by atoms with E-state index < -0.39 is 9.84 Å². The summed E-state index contributed by atoms with van der Waals surface area (Å²) in [4.78, 5) is 0.0700. The minimum atomic E-state index is -3.48. The Morgan fingerprint density at radius 1 is 1.30 bits per heavy atom. The van der Waals surface area contributed by atoms with Crippen molar-refractivity contribution in [2.45, 2.75) is 28.1 Å². The number of aromatic nitrogens is 2. The van der Waals surface area contributed by atoms with Gasteiger partial charge in [-0.05, 0) is 31.0 Å². The molecule has 1 aliphatic carbocycles. The van der Waals surface area contributed by atoms with Crippen molar-refractivity contribution in [1.82, 2.24) is 10.2 Å². The van der Waals surface area contributed by atoms with E-state index in [1.807, 2.05) is 0 Å². The predicted octanol–water partition coefficient (Wildman–Crippen LogP) is 3.99. The van der Waals surface area contributed by atoms with Crippen molar-refractivity contribution in [2.24, 2.45) is 0 Å². The molecule has 0 radical (unpaired) electrons. The maximum Gasteiger partial charge on any atom is 0.206 e. The maximum atomic E-state index is 12.4. The van der Waals surface area contributed by atoms with E-state index in [0.29, 0.717) is 16.8 Å². The van der Waals surface area contributed by atoms with Crippen LogP contribution in [0.3, 0.4) is 0 Å². The summed E-state index contributed by atoms with van der Waals surface area (Å²) in [5, 5.41) is 12.7. The van der Waals surface area contributed by atoms with E-state index in [-0.39, 0.29) is 15.7 Å². The molecule has 1 fully saturated rings. The predicted molar refractivity (Wildman–Crippen MR) is 95.8 cm³/mol.